The summed E-state index contributed by atoms with van der Waals surface area (Å²) in [7, 11) is 1.52. The molecule has 3 N–H and O–H groups in total. The molecule has 166 valence electrons. The Hall–Kier alpha value is -3.17. The van der Waals surface area contributed by atoms with E-state index in [9.17, 15) is 9.59 Å². The smallest absolute Gasteiger partial charge is 0.322 e. The number of pyridine rings is 1. The predicted molar refractivity (Wildman–Crippen MR) is 127 cm³/mol. The van der Waals surface area contributed by atoms with Crippen molar-refractivity contribution < 1.29 is 14.3 Å². The topological polar surface area (TPSA) is 101 Å². The normalized spacial score (nSPS) is 16.4. The van der Waals surface area contributed by atoms with E-state index in [1.54, 1.807) is 29.3 Å². The van der Waals surface area contributed by atoms with Gasteiger partial charge in [0.1, 0.15) is 6.04 Å². The van der Waals surface area contributed by atoms with Crippen LogP contribution in [0.25, 0.3) is 10.9 Å². The first-order chi connectivity index (χ1) is 15.5. The van der Waals surface area contributed by atoms with Crippen LogP contribution < -0.4 is 11.1 Å². The number of amides is 3. The monoisotopic (exact) mass is 497 g/mol. The number of nitrogen functional groups attached to an aromatic ring is 1. The first-order valence-electron chi connectivity index (χ1n) is 10.2. The minimum Gasteiger partial charge on any atom is -0.398 e. The van der Waals surface area contributed by atoms with Gasteiger partial charge in [0.2, 0.25) is 5.91 Å². The van der Waals surface area contributed by atoms with E-state index in [0.717, 1.165) is 20.9 Å². The summed E-state index contributed by atoms with van der Waals surface area (Å²) < 4.78 is 6.19. The molecule has 8 nitrogen and oxygen atoms in total. The second-order valence-corrected chi connectivity index (χ2v) is 8.53. The van der Waals surface area contributed by atoms with E-state index >= 15 is 0 Å². The third-order valence-corrected chi connectivity index (χ3v) is 6.01. The number of methoxy groups -OCH3 is 1. The summed E-state index contributed by atoms with van der Waals surface area (Å²) in [4.78, 5) is 33.8. The third kappa shape index (κ3) is 4.68. The highest BCUT2D eigenvalue weighted by Crippen LogP contribution is 2.22. The zero-order valence-electron chi connectivity index (χ0n) is 17.6. The van der Waals surface area contributed by atoms with Crippen LogP contribution in [0.2, 0.25) is 0 Å². The van der Waals surface area contributed by atoms with Crippen molar-refractivity contribution >= 4 is 50.1 Å². The zero-order valence-corrected chi connectivity index (χ0v) is 19.2. The Kier molecular flexibility index (Phi) is 6.57. The number of piperazine rings is 1. The number of carbonyl (C=O) groups is 2. The maximum atomic E-state index is 13.2. The summed E-state index contributed by atoms with van der Waals surface area (Å²) in [6.45, 7) is 1.38. The molecule has 1 fully saturated rings. The summed E-state index contributed by atoms with van der Waals surface area (Å²) >= 11 is 3.38. The minimum atomic E-state index is -0.696. The predicted octanol–water partition coefficient (Wildman–Crippen LogP) is 3.47. The van der Waals surface area contributed by atoms with Crippen molar-refractivity contribution in [3.05, 3.63) is 64.8 Å². The van der Waals surface area contributed by atoms with Gasteiger partial charge < -0.3 is 25.6 Å². The van der Waals surface area contributed by atoms with Crippen molar-refractivity contribution in [1.29, 1.82) is 0 Å². The lowest BCUT2D eigenvalue weighted by Crippen LogP contribution is -2.60. The third-order valence-electron chi connectivity index (χ3n) is 5.48. The number of hydrogen-bond donors (Lipinski definition) is 2. The van der Waals surface area contributed by atoms with Crippen LogP contribution >= 0.6 is 15.9 Å². The van der Waals surface area contributed by atoms with Crippen LogP contribution in [0.1, 0.15) is 5.56 Å². The molecule has 0 radical (unpaired) electrons. The summed E-state index contributed by atoms with van der Waals surface area (Å²) in [6, 6.07) is 13.8. The van der Waals surface area contributed by atoms with Crippen molar-refractivity contribution in [3.8, 4) is 0 Å². The number of halogens is 1. The second-order valence-electron chi connectivity index (χ2n) is 7.61. The Bertz CT molecular complexity index is 1140. The maximum absolute atomic E-state index is 13.2. The number of fused-ring (bicyclic) bond motifs is 1. The molecule has 1 aromatic heterocycles. The first-order valence-corrected chi connectivity index (χ1v) is 11.0. The van der Waals surface area contributed by atoms with Gasteiger partial charge in [-0.2, -0.15) is 0 Å². The number of nitrogens with one attached hydrogen (secondary N) is 1. The zero-order chi connectivity index (χ0) is 22.7. The molecule has 1 aliphatic rings. The molecule has 0 unspecified atom stereocenters. The highest BCUT2D eigenvalue weighted by molar-refractivity contribution is 9.10. The van der Waals surface area contributed by atoms with E-state index < -0.39 is 6.04 Å². The van der Waals surface area contributed by atoms with Gasteiger partial charge in [0.05, 0.1) is 12.1 Å². The molecule has 32 heavy (non-hydrogen) atoms. The fraction of sp³-hybridized carbons (Fsp3) is 0.261. The van der Waals surface area contributed by atoms with Crippen LogP contribution in [0.4, 0.5) is 16.2 Å². The van der Waals surface area contributed by atoms with Crippen LogP contribution in [-0.2, 0) is 16.1 Å². The summed E-state index contributed by atoms with van der Waals surface area (Å²) in [5, 5.41) is 3.74. The number of hydrogen-bond acceptors (Lipinski definition) is 5. The Balaban J connectivity index is 1.48. The molecular weight excluding hydrogens is 474 g/mol. The van der Waals surface area contributed by atoms with Crippen molar-refractivity contribution in [1.82, 2.24) is 14.8 Å². The van der Waals surface area contributed by atoms with E-state index in [2.05, 4.69) is 26.2 Å². The first kappa shape index (κ1) is 22.0. The summed E-state index contributed by atoms with van der Waals surface area (Å²) in [6.07, 6.45) is 1.67. The number of ether oxygens (including phenoxy) is 1. The number of nitrogens with two attached hydrogens (primary N) is 1. The SMILES string of the molecule is COC[C@H]1C(=O)N(Cc2ccc3c(N)ccnc3c2)CCN1C(=O)Nc1ccc(Br)cc1. The maximum Gasteiger partial charge on any atom is 0.322 e. The highest BCUT2D eigenvalue weighted by atomic mass is 79.9. The molecule has 2 aromatic carbocycles. The van der Waals surface area contributed by atoms with Crippen LogP contribution in [0.5, 0.6) is 0 Å². The van der Waals surface area contributed by atoms with Crippen LogP contribution in [0, 0.1) is 0 Å². The lowest BCUT2D eigenvalue weighted by molar-refractivity contribution is -0.142. The van der Waals surface area contributed by atoms with Gasteiger partial charge in [-0.05, 0) is 42.0 Å². The average molecular weight is 498 g/mol. The Morgan fingerprint density at radius 3 is 2.75 bits per heavy atom. The molecule has 9 heteroatoms. The van der Waals surface area contributed by atoms with E-state index in [-0.39, 0.29) is 18.5 Å². The van der Waals surface area contributed by atoms with Crippen LogP contribution in [0.3, 0.4) is 0 Å². The average Bonchev–Trinajstić information content (AvgIpc) is 2.78. The van der Waals surface area contributed by atoms with E-state index in [0.29, 0.717) is 31.0 Å². The molecular formula is C23H24BrN5O3. The molecule has 1 aliphatic heterocycles. The molecule has 0 aliphatic carbocycles. The quantitative estimate of drug-likeness (QED) is 0.561. The van der Waals surface area contributed by atoms with Gasteiger partial charge in [-0.3, -0.25) is 9.78 Å². The van der Waals surface area contributed by atoms with Crippen LogP contribution in [-0.4, -0.2) is 59.6 Å². The number of carbonyl (C=O) groups excluding carboxylic acids is 2. The van der Waals surface area contributed by atoms with Gasteiger partial charge in [0.15, 0.2) is 0 Å². The number of nitrogens with zero attached hydrogens (tertiary/aromatic N) is 3. The Morgan fingerprint density at radius 1 is 1.22 bits per heavy atom. The van der Waals surface area contributed by atoms with Gasteiger partial charge >= 0.3 is 6.03 Å². The minimum absolute atomic E-state index is 0.124. The number of aromatic nitrogens is 1. The van der Waals surface area contributed by atoms with Crippen molar-refractivity contribution in [3.63, 3.8) is 0 Å². The van der Waals surface area contributed by atoms with Gasteiger partial charge in [0.25, 0.3) is 0 Å². The van der Waals surface area contributed by atoms with E-state index in [4.69, 9.17) is 10.5 Å². The molecule has 1 saturated heterocycles. The Labute approximate surface area is 194 Å². The summed E-state index contributed by atoms with van der Waals surface area (Å²) in [5.41, 5.74) is 9.07. The number of urea groups is 1. The molecule has 1 atom stereocenters. The number of rotatable bonds is 5. The molecule has 3 amide bonds. The van der Waals surface area contributed by atoms with Gasteiger partial charge in [-0.25, -0.2) is 4.79 Å². The van der Waals surface area contributed by atoms with Crippen molar-refractivity contribution in [2.45, 2.75) is 12.6 Å². The lowest BCUT2D eigenvalue weighted by Gasteiger charge is -2.40. The van der Waals surface area contributed by atoms with Gasteiger partial charge in [-0.15, -0.1) is 0 Å². The van der Waals surface area contributed by atoms with E-state index in [1.165, 1.54) is 12.0 Å². The van der Waals surface area contributed by atoms with Gasteiger partial charge in [0, 0.05) is 54.2 Å². The van der Waals surface area contributed by atoms with E-state index in [1.807, 2.05) is 30.3 Å². The lowest BCUT2D eigenvalue weighted by atomic mass is 10.1. The molecule has 4 rings (SSSR count). The molecule has 0 bridgehead atoms. The molecule has 0 spiro atoms. The Morgan fingerprint density at radius 2 is 2.00 bits per heavy atom. The van der Waals surface area contributed by atoms with Gasteiger partial charge in [-0.1, -0.05) is 28.1 Å². The van der Waals surface area contributed by atoms with Crippen molar-refractivity contribution in [2.24, 2.45) is 0 Å². The number of benzene rings is 2. The standard InChI is InChI=1S/C23H24BrN5O3/c1-32-14-21-22(30)28(13-15-2-7-18-19(25)8-9-26-20(18)12-15)10-11-29(21)23(31)27-17-5-3-16(24)4-6-17/h2-9,12,21H,10-11,13-14H2,1H3,(H2,25,26)(H,27,31)/t21-/m0/s1. The second kappa shape index (κ2) is 9.54. The number of anilines is 2. The molecule has 2 heterocycles. The van der Waals surface area contributed by atoms with Crippen LogP contribution in [0.15, 0.2) is 59.2 Å². The largest absolute Gasteiger partial charge is 0.398 e. The molecule has 0 saturated carbocycles. The summed E-state index contributed by atoms with van der Waals surface area (Å²) in [5.74, 6) is -0.148. The van der Waals surface area contributed by atoms with Crippen molar-refractivity contribution in [2.75, 3.05) is 37.9 Å². The molecule has 3 aromatic rings. The fourth-order valence-electron chi connectivity index (χ4n) is 3.82. The highest BCUT2D eigenvalue weighted by Gasteiger charge is 2.37. The fourth-order valence-corrected chi connectivity index (χ4v) is 4.09.